The molecule has 3 heteroatoms. The summed E-state index contributed by atoms with van der Waals surface area (Å²) in [7, 11) is -1.51. The molecule has 0 saturated carbocycles. The molecule has 0 aliphatic heterocycles. The largest absolute Gasteiger partial charge is 0.413 e. The van der Waals surface area contributed by atoms with Gasteiger partial charge in [-0.25, -0.2) is 0 Å². The molecule has 0 amide bonds. The van der Waals surface area contributed by atoms with Gasteiger partial charge in [-0.15, -0.1) is 0 Å². The van der Waals surface area contributed by atoms with Gasteiger partial charge in [0.15, 0.2) is 8.32 Å². The summed E-state index contributed by atoms with van der Waals surface area (Å²) < 4.78 is 7.01. The molecule has 13 heavy (non-hydrogen) atoms. The smallest absolute Gasteiger partial charge is 0.192 e. The molecular formula is C10H21IOSi. The zero-order valence-corrected chi connectivity index (χ0v) is 12.5. The highest BCUT2D eigenvalue weighted by molar-refractivity contribution is 14.1. The minimum absolute atomic E-state index is 0.325. The van der Waals surface area contributed by atoms with Crippen LogP contribution in [0.1, 0.15) is 20.8 Å². The number of hydrogen-bond donors (Lipinski definition) is 0. The number of allylic oxidation sites excluding steroid dienone is 1. The van der Waals surface area contributed by atoms with E-state index in [9.17, 15) is 0 Å². The quantitative estimate of drug-likeness (QED) is 0.330. The van der Waals surface area contributed by atoms with Crippen LogP contribution in [-0.4, -0.2) is 19.4 Å². The maximum atomic E-state index is 5.94. The van der Waals surface area contributed by atoms with Crippen LogP contribution in [0.5, 0.6) is 0 Å². The molecule has 0 aromatic rings. The van der Waals surface area contributed by atoms with Crippen molar-refractivity contribution in [2.45, 2.75) is 38.9 Å². The standard InChI is InChI=1S/C10H21IOSi/c1-10(2,3)13(4,5)12-9-7-6-8-11/h6-7H,8-9H2,1-5H3/b7-6-. The lowest BCUT2D eigenvalue weighted by molar-refractivity contribution is 0.328. The molecule has 0 bridgehead atoms. The minimum Gasteiger partial charge on any atom is -0.413 e. The lowest BCUT2D eigenvalue weighted by Gasteiger charge is -2.35. The Morgan fingerprint density at radius 3 is 2.15 bits per heavy atom. The normalized spacial score (nSPS) is 14.0. The van der Waals surface area contributed by atoms with Crippen LogP contribution in [0.2, 0.25) is 18.1 Å². The van der Waals surface area contributed by atoms with Crippen LogP contribution in [0.4, 0.5) is 0 Å². The van der Waals surface area contributed by atoms with Crippen LogP contribution in [-0.2, 0) is 4.43 Å². The summed E-state index contributed by atoms with van der Waals surface area (Å²) in [4.78, 5) is 0. The average molecular weight is 312 g/mol. The summed E-state index contributed by atoms with van der Waals surface area (Å²) in [5, 5.41) is 0.325. The Morgan fingerprint density at radius 2 is 1.77 bits per heavy atom. The molecule has 0 rings (SSSR count). The van der Waals surface area contributed by atoms with E-state index in [-0.39, 0.29) is 0 Å². The topological polar surface area (TPSA) is 9.23 Å². The monoisotopic (exact) mass is 312 g/mol. The van der Waals surface area contributed by atoms with E-state index in [1.807, 2.05) is 0 Å². The lowest BCUT2D eigenvalue weighted by Crippen LogP contribution is -2.40. The van der Waals surface area contributed by atoms with Crippen LogP contribution in [0.15, 0.2) is 12.2 Å². The van der Waals surface area contributed by atoms with Gasteiger partial charge in [-0.05, 0) is 18.1 Å². The van der Waals surface area contributed by atoms with Gasteiger partial charge in [-0.3, -0.25) is 0 Å². The zero-order valence-electron chi connectivity index (χ0n) is 9.36. The first-order chi connectivity index (χ1) is 5.81. The van der Waals surface area contributed by atoms with E-state index in [4.69, 9.17) is 4.43 Å². The van der Waals surface area contributed by atoms with Crippen molar-refractivity contribution in [1.82, 2.24) is 0 Å². The first kappa shape index (κ1) is 13.6. The Bertz CT molecular complexity index is 170. The third kappa shape index (κ3) is 5.17. The minimum atomic E-state index is -1.51. The molecule has 0 aromatic carbocycles. The third-order valence-corrected chi connectivity index (χ3v) is 7.61. The van der Waals surface area contributed by atoms with Gasteiger partial charge in [0.2, 0.25) is 0 Å². The van der Waals surface area contributed by atoms with Gasteiger partial charge in [-0.2, -0.15) is 0 Å². The average Bonchev–Trinajstić information content (AvgIpc) is 1.96. The summed E-state index contributed by atoms with van der Waals surface area (Å²) in [6.45, 7) is 12.1. The molecule has 0 unspecified atom stereocenters. The molecular weight excluding hydrogens is 291 g/mol. The van der Waals surface area contributed by atoms with Crippen LogP contribution in [0.3, 0.4) is 0 Å². The van der Waals surface area contributed by atoms with E-state index in [0.29, 0.717) is 5.04 Å². The van der Waals surface area contributed by atoms with Crippen molar-refractivity contribution in [2.75, 3.05) is 11.0 Å². The van der Waals surface area contributed by atoms with E-state index in [2.05, 4.69) is 68.6 Å². The Labute approximate surface area is 97.2 Å². The Kier molecular flexibility index (Phi) is 5.78. The molecule has 0 saturated heterocycles. The number of rotatable bonds is 4. The molecule has 0 aromatic heterocycles. The van der Waals surface area contributed by atoms with Crippen LogP contribution < -0.4 is 0 Å². The molecule has 0 aliphatic carbocycles. The van der Waals surface area contributed by atoms with Crippen molar-refractivity contribution in [3.63, 3.8) is 0 Å². The predicted octanol–water partition coefficient (Wildman–Crippen LogP) is 4.00. The second-order valence-corrected chi connectivity index (χ2v) is 10.4. The summed E-state index contributed by atoms with van der Waals surface area (Å²) >= 11 is 2.33. The van der Waals surface area contributed by atoms with Gasteiger partial charge in [0.25, 0.3) is 0 Å². The number of halogens is 1. The fourth-order valence-corrected chi connectivity index (χ4v) is 1.91. The zero-order chi connectivity index (χ0) is 10.5. The summed E-state index contributed by atoms with van der Waals surface area (Å²) in [6, 6.07) is 0. The second kappa shape index (κ2) is 5.51. The Morgan fingerprint density at radius 1 is 1.23 bits per heavy atom. The van der Waals surface area contributed by atoms with Gasteiger partial charge < -0.3 is 4.43 Å². The predicted molar refractivity (Wildman–Crippen MR) is 71.2 cm³/mol. The van der Waals surface area contributed by atoms with E-state index in [1.54, 1.807) is 0 Å². The molecule has 0 aliphatic rings. The molecule has 0 fully saturated rings. The van der Waals surface area contributed by atoms with Gasteiger partial charge in [0.05, 0.1) is 6.61 Å². The van der Waals surface area contributed by atoms with Gasteiger partial charge in [0, 0.05) is 4.43 Å². The first-order valence-electron chi connectivity index (χ1n) is 4.66. The summed E-state index contributed by atoms with van der Waals surface area (Å²) in [5.74, 6) is 0. The highest BCUT2D eigenvalue weighted by atomic mass is 127. The van der Waals surface area contributed by atoms with Crippen LogP contribution in [0.25, 0.3) is 0 Å². The highest BCUT2D eigenvalue weighted by Crippen LogP contribution is 2.36. The van der Waals surface area contributed by atoms with Crippen LogP contribution >= 0.6 is 22.6 Å². The lowest BCUT2D eigenvalue weighted by atomic mass is 10.2. The van der Waals surface area contributed by atoms with E-state index < -0.39 is 8.32 Å². The molecule has 78 valence electrons. The summed E-state index contributed by atoms with van der Waals surface area (Å²) in [6.07, 6.45) is 4.26. The van der Waals surface area contributed by atoms with Crippen molar-refractivity contribution >= 4 is 30.9 Å². The van der Waals surface area contributed by atoms with Crippen molar-refractivity contribution in [1.29, 1.82) is 0 Å². The molecule has 0 radical (unpaired) electrons. The highest BCUT2D eigenvalue weighted by Gasteiger charge is 2.36. The van der Waals surface area contributed by atoms with Crippen molar-refractivity contribution in [2.24, 2.45) is 0 Å². The SMILES string of the molecule is CC(C)(C)[Si](C)(C)OC/C=C\CI. The number of alkyl halides is 1. The van der Waals surface area contributed by atoms with Crippen LogP contribution in [0, 0.1) is 0 Å². The Hall–Kier alpha value is 0.647. The summed E-state index contributed by atoms with van der Waals surface area (Å²) in [5.41, 5.74) is 0. The van der Waals surface area contributed by atoms with E-state index in [1.165, 1.54) is 0 Å². The second-order valence-electron chi connectivity index (χ2n) is 4.70. The molecule has 0 N–H and O–H groups in total. The van der Waals surface area contributed by atoms with Gasteiger partial charge >= 0.3 is 0 Å². The first-order valence-corrected chi connectivity index (χ1v) is 9.09. The van der Waals surface area contributed by atoms with Crippen molar-refractivity contribution in [3.8, 4) is 0 Å². The van der Waals surface area contributed by atoms with E-state index >= 15 is 0 Å². The Balaban J connectivity index is 3.97. The van der Waals surface area contributed by atoms with Gasteiger partial charge in [0.1, 0.15) is 0 Å². The number of hydrogen-bond acceptors (Lipinski definition) is 1. The van der Waals surface area contributed by atoms with E-state index in [0.717, 1.165) is 11.0 Å². The third-order valence-electron chi connectivity index (χ3n) is 2.60. The molecule has 0 heterocycles. The fraction of sp³-hybridized carbons (Fsp3) is 0.800. The molecule has 0 spiro atoms. The maximum Gasteiger partial charge on any atom is 0.192 e. The van der Waals surface area contributed by atoms with Crippen molar-refractivity contribution in [3.05, 3.63) is 12.2 Å². The molecule has 0 atom stereocenters. The van der Waals surface area contributed by atoms with Crippen molar-refractivity contribution < 1.29 is 4.43 Å². The maximum absolute atomic E-state index is 5.94. The molecule has 1 nitrogen and oxygen atoms in total. The van der Waals surface area contributed by atoms with Gasteiger partial charge in [-0.1, -0.05) is 55.5 Å². The fourth-order valence-electron chi connectivity index (χ4n) is 0.604.